The molecule has 1 aliphatic carbocycles. The lowest BCUT2D eigenvalue weighted by atomic mass is 9.89. The van der Waals surface area contributed by atoms with Gasteiger partial charge in [0.25, 0.3) is 5.60 Å². The summed E-state index contributed by atoms with van der Waals surface area (Å²) in [5, 5.41) is 6.04. The first-order valence-electron chi connectivity index (χ1n) is 9.71. The normalized spacial score (nSPS) is 22.6. The van der Waals surface area contributed by atoms with Crippen molar-refractivity contribution in [2.75, 3.05) is 0 Å². The first-order valence-corrected chi connectivity index (χ1v) is 11.7. The van der Waals surface area contributed by atoms with E-state index in [9.17, 15) is 17.6 Å². The molecule has 2 aliphatic heterocycles. The Kier molecular flexibility index (Phi) is 5.35. The Morgan fingerprint density at radius 3 is 2.50 bits per heavy atom. The maximum atomic E-state index is 14.2. The van der Waals surface area contributed by atoms with Crippen LogP contribution < -0.4 is 5.32 Å². The van der Waals surface area contributed by atoms with E-state index in [0.29, 0.717) is 24.1 Å². The van der Waals surface area contributed by atoms with Gasteiger partial charge < -0.3 is 15.1 Å². The van der Waals surface area contributed by atoms with Crippen molar-refractivity contribution in [2.24, 2.45) is 5.16 Å². The lowest BCUT2D eigenvalue weighted by Crippen LogP contribution is -2.44. The number of benzene rings is 1. The lowest BCUT2D eigenvalue weighted by Gasteiger charge is -2.30. The quantitative estimate of drug-likeness (QED) is 0.298. The summed E-state index contributed by atoms with van der Waals surface area (Å²) in [5.74, 6) is -0.829. The summed E-state index contributed by atoms with van der Waals surface area (Å²) in [6, 6.07) is 4.19. The molecule has 1 saturated carbocycles. The molecule has 0 amide bonds. The molecule has 12 heteroatoms. The van der Waals surface area contributed by atoms with Gasteiger partial charge in [-0.1, -0.05) is 40.6 Å². The van der Waals surface area contributed by atoms with Gasteiger partial charge in [-0.15, -0.1) is 11.3 Å². The van der Waals surface area contributed by atoms with Gasteiger partial charge in [-0.05, 0) is 36.6 Å². The van der Waals surface area contributed by atoms with Crippen LogP contribution in [0.1, 0.15) is 40.1 Å². The van der Waals surface area contributed by atoms with E-state index in [4.69, 9.17) is 40.3 Å². The number of fused-ring (bicyclic) bond motifs is 1. The molecule has 1 atom stereocenters. The number of thiocarbonyl (C=S) groups is 1. The SMILES string of the molecule is Fc1c(Cl)cc(C2(C(F)(F)F)CC(N3Cc4cc(C(=S)NC5CC5)sc4C3)=NO2)cc1Cl. The van der Waals surface area contributed by atoms with Crippen molar-refractivity contribution in [3.63, 3.8) is 0 Å². The summed E-state index contributed by atoms with van der Waals surface area (Å²) in [5.41, 5.74) is -2.18. The number of rotatable bonds is 3. The topological polar surface area (TPSA) is 36.9 Å². The molecule has 1 N–H and O–H groups in total. The average molecular weight is 524 g/mol. The first-order chi connectivity index (χ1) is 15.1. The zero-order chi connectivity index (χ0) is 22.8. The van der Waals surface area contributed by atoms with Crippen LogP contribution in [0.15, 0.2) is 23.4 Å². The van der Waals surface area contributed by atoms with E-state index >= 15 is 0 Å². The summed E-state index contributed by atoms with van der Waals surface area (Å²) >= 11 is 18.5. The minimum absolute atomic E-state index is 0.155. The zero-order valence-electron chi connectivity index (χ0n) is 16.2. The van der Waals surface area contributed by atoms with E-state index < -0.39 is 39.6 Å². The molecule has 1 aromatic heterocycles. The van der Waals surface area contributed by atoms with Gasteiger partial charge in [0.05, 0.1) is 27.9 Å². The third-order valence-corrected chi connectivity index (χ3v) is 7.91. The zero-order valence-corrected chi connectivity index (χ0v) is 19.4. The molecule has 3 aliphatic rings. The molecule has 4 nitrogen and oxygen atoms in total. The fraction of sp³-hybridized carbons (Fsp3) is 0.400. The van der Waals surface area contributed by atoms with E-state index in [0.717, 1.165) is 40.3 Å². The van der Waals surface area contributed by atoms with Crippen LogP contribution >= 0.6 is 46.8 Å². The second-order valence-electron chi connectivity index (χ2n) is 8.02. The summed E-state index contributed by atoms with van der Waals surface area (Å²) < 4.78 is 56.3. The second-order valence-corrected chi connectivity index (χ2v) is 10.4. The molecule has 1 fully saturated rings. The second kappa shape index (κ2) is 7.72. The number of thiophene rings is 1. The highest BCUT2D eigenvalue weighted by atomic mass is 35.5. The fourth-order valence-corrected chi connectivity index (χ4v) is 5.72. The highest BCUT2D eigenvalue weighted by Gasteiger charge is 2.63. The van der Waals surface area contributed by atoms with Gasteiger partial charge >= 0.3 is 6.18 Å². The molecule has 3 heterocycles. The summed E-state index contributed by atoms with van der Waals surface area (Å²) in [6.45, 7) is 0.812. The highest BCUT2D eigenvalue weighted by Crippen LogP contribution is 2.50. The molecule has 2 aromatic rings. The van der Waals surface area contributed by atoms with Gasteiger partial charge in [0.15, 0.2) is 5.82 Å². The van der Waals surface area contributed by atoms with E-state index in [1.54, 1.807) is 4.90 Å². The predicted octanol–water partition coefficient (Wildman–Crippen LogP) is 6.13. The highest BCUT2D eigenvalue weighted by molar-refractivity contribution is 7.81. The Balaban J connectivity index is 1.35. The monoisotopic (exact) mass is 523 g/mol. The van der Waals surface area contributed by atoms with Crippen molar-refractivity contribution >= 4 is 57.6 Å². The van der Waals surface area contributed by atoms with Gasteiger partial charge in [-0.2, -0.15) is 13.2 Å². The van der Waals surface area contributed by atoms with Gasteiger partial charge in [-0.25, -0.2) is 4.39 Å². The summed E-state index contributed by atoms with van der Waals surface area (Å²) in [7, 11) is 0. The van der Waals surface area contributed by atoms with Crippen LogP contribution in [-0.2, 0) is 23.5 Å². The van der Waals surface area contributed by atoms with Crippen LogP contribution in [0.3, 0.4) is 0 Å². The summed E-state index contributed by atoms with van der Waals surface area (Å²) in [6.07, 6.45) is -3.17. The molecule has 0 radical (unpaired) electrons. The van der Waals surface area contributed by atoms with E-state index in [2.05, 4.69) is 10.5 Å². The van der Waals surface area contributed by atoms with Crippen molar-refractivity contribution < 1.29 is 22.4 Å². The predicted molar refractivity (Wildman–Crippen MR) is 119 cm³/mol. The molecule has 0 saturated heterocycles. The Morgan fingerprint density at radius 1 is 1.22 bits per heavy atom. The number of nitrogens with zero attached hydrogens (tertiary/aromatic N) is 2. The number of alkyl halides is 3. The minimum Gasteiger partial charge on any atom is -0.372 e. The molecule has 0 spiro atoms. The first kappa shape index (κ1) is 22.2. The third kappa shape index (κ3) is 3.74. The van der Waals surface area contributed by atoms with E-state index in [-0.39, 0.29) is 5.84 Å². The van der Waals surface area contributed by atoms with Crippen molar-refractivity contribution in [3.05, 3.63) is 54.9 Å². The molecule has 32 heavy (non-hydrogen) atoms. The standard InChI is InChI=1S/C20H15Cl2F4N3OS2/c21-12-4-10(5-13(22)17(12)23)19(20(24,25)26)6-16(28-30-19)29-7-9-3-14(32-15(9)8-29)18(31)27-11-1-2-11/h3-5,11H,1-2,6-8H2,(H,27,31). The van der Waals surface area contributed by atoms with Crippen molar-refractivity contribution in [3.8, 4) is 0 Å². The smallest absolute Gasteiger partial charge is 0.372 e. The molecule has 170 valence electrons. The number of hydrogen-bond donors (Lipinski definition) is 1. The molecular formula is C20H15Cl2F4N3OS2. The van der Waals surface area contributed by atoms with Crippen LogP contribution in [0.4, 0.5) is 17.6 Å². The van der Waals surface area contributed by atoms with Crippen molar-refractivity contribution in [2.45, 2.75) is 50.2 Å². The van der Waals surface area contributed by atoms with Crippen LogP contribution in [0.2, 0.25) is 10.0 Å². The number of halogens is 6. The molecule has 5 rings (SSSR count). The Morgan fingerprint density at radius 2 is 1.91 bits per heavy atom. The number of oxime groups is 1. The van der Waals surface area contributed by atoms with Gasteiger partial charge in [-0.3, -0.25) is 0 Å². The van der Waals surface area contributed by atoms with Crippen LogP contribution in [-0.4, -0.2) is 27.9 Å². The molecule has 0 bridgehead atoms. The fourth-order valence-electron chi connectivity index (χ4n) is 3.79. The number of amidine groups is 1. The van der Waals surface area contributed by atoms with Gasteiger partial charge in [0.1, 0.15) is 10.8 Å². The van der Waals surface area contributed by atoms with Crippen LogP contribution in [0, 0.1) is 5.82 Å². The van der Waals surface area contributed by atoms with Crippen LogP contribution in [0.25, 0.3) is 0 Å². The Bertz CT molecular complexity index is 1100. The number of hydrogen-bond acceptors (Lipinski definition) is 5. The van der Waals surface area contributed by atoms with E-state index in [1.807, 2.05) is 6.07 Å². The Hall–Kier alpha value is -1.62. The van der Waals surface area contributed by atoms with Crippen LogP contribution in [0.5, 0.6) is 0 Å². The largest absolute Gasteiger partial charge is 0.435 e. The van der Waals surface area contributed by atoms with Crippen molar-refractivity contribution in [1.29, 1.82) is 0 Å². The van der Waals surface area contributed by atoms with Crippen molar-refractivity contribution in [1.82, 2.24) is 10.2 Å². The van der Waals surface area contributed by atoms with Gasteiger partial charge in [0.2, 0.25) is 0 Å². The lowest BCUT2D eigenvalue weighted by molar-refractivity contribution is -0.275. The van der Waals surface area contributed by atoms with Gasteiger partial charge in [0, 0.05) is 23.0 Å². The maximum absolute atomic E-state index is 14.2. The summed E-state index contributed by atoms with van der Waals surface area (Å²) in [4.78, 5) is 9.44. The number of nitrogens with one attached hydrogen (secondary N) is 1. The minimum atomic E-state index is -4.83. The maximum Gasteiger partial charge on any atom is 0.435 e. The molecule has 1 unspecified atom stereocenters. The molecule has 1 aromatic carbocycles. The third-order valence-electron chi connectivity index (χ3n) is 5.72. The Labute approximate surface area is 200 Å². The average Bonchev–Trinajstić information content (AvgIpc) is 3.12. The van der Waals surface area contributed by atoms with E-state index in [1.165, 1.54) is 11.3 Å². The molecular weight excluding hydrogens is 509 g/mol.